The van der Waals surface area contributed by atoms with E-state index in [4.69, 9.17) is 9.47 Å². The van der Waals surface area contributed by atoms with Crippen LogP contribution < -0.4 is 10.1 Å². The molecule has 1 heterocycles. The van der Waals surface area contributed by atoms with Crippen LogP contribution >= 0.6 is 0 Å². The maximum Gasteiger partial charge on any atom is 0.256 e. The lowest BCUT2D eigenvalue weighted by Crippen LogP contribution is -2.43. The molecule has 23 heavy (non-hydrogen) atoms. The van der Waals surface area contributed by atoms with E-state index in [0.717, 1.165) is 37.8 Å². The Morgan fingerprint density at radius 3 is 2.57 bits per heavy atom. The van der Waals surface area contributed by atoms with E-state index in [1.54, 1.807) is 13.2 Å². The summed E-state index contributed by atoms with van der Waals surface area (Å²) in [5.41, 5.74) is 0.610. The predicted octanol–water partition coefficient (Wildman–Crippen LogP) is 4.10. The first kappa shape index (κ1) is 19.4. The molecule has 0 aliphatic rings. The molecule has 0 saturated carbocycles. The van der Waals surface area contributed by atoms with Crippen molar-refractivity contribution in [3.05, 3.63) is 17.8 Å². The molecule has 5 heteroatoms. The van der Waals surface area contributed by atoms with Crippen LogP contribution in [0.25, 0.3) is 0 Å². The van der Waals surface area contributed by atoms with Gasteiger partial charge in [0.05, 0.1) is 18.5 Å². The van der Waals surface area contributed by atoms with Crippen LogP contribution in [0.1, 0.15) is 58.6 Å². The number of aryl methyl sites for hydroxylation is 1. The van der Waals surface area contributed by atoms with Gasteiger partial charge in [0.25, 0.3) is 5.91 Å². The van der Waals surface area contributed by atoms with Crippen LogP contribution in [-0.4, -0.2) is 30.2 Å². The number of amides is 1. The van der Waals surface area contributed by atoms with Crippen molar-refractivity contribution in [1.82, 2.24) is 4.98 Å². The van der Waals surface area contributed by atoms with Gasteiger partial charge in [-0.2, -0.15) is 0 Å². The predicted molar refractivity (Wildman–Crippen MR) is 92.9 cm³/mol. The van der Waals surface area contributed by atoms with Crippen LogP contribution in [0.2, 0.25) is 0 Å². The summed E-state index contributed by atoms with van der Waals surface area (Å²) < 4.78 is 11.0. The fourth-order valence-corrected chi connectivity index (χ4v) is 2.33. The average Bonchev–Trinajstić information content (AvgIpc) is 2.54. The summed E-state index contributed by atoms with van der Waals surface area (Å²) in [4.78, 5) is 17.0. The largest absolute Gasteiger partial charge is 0.481 e. The van der Waals surface area contributed by atoms with Crippen molar-refractivity contribution in [2.75, 3.05) is 19.0 Å². The Hall–Kier alpha value is -1.62. The lowest BCUT2D eigenvalue weighted by atomic mass is 9.96. The van der Waals surface area contributed by atoms with E-state index < -0.39 is 5.60 Å². The van der Waals surface area contributed by atoms with Crippen molar-refractivity contribution in [1.29, 1.82) is 0 Å². The van der Waals surface area contributed by atoms with E-state index >= 15 is 0 Å². The Bertz CT molecular complexity index is 505. The van der Waals surface area contributed by atoms with Gasteiger partial charge in [0, 0.05) is 12.7 Å². The number of nitrogens with one attached hydrogen (secondary N) is 1. The molecular formula is C18H30N2O3. The summed E-state index contributed by atoms with van der Waals surface area (Å²) in [6.07, 6.45) is 4.80. The van der Waals surface area contributed by atoms with Crippen LogP contribution in [0.3, 0.4) is 0 Å². The first-order chi connectivity index (χ1) is 11.0. The van der Waals surface area contributed by atoms with E-state index in [2.05, 4.69) is 17.2 Å². The second-order valence-corrected chi connectivity index (χ2v) is 5.98. The van der Waals surface area contributed by atoms with Gasteiger partial charge in [-0.1, -0.05) is 33.1 Å². The van der Waals surface area contributed by atoms with Gasteiger partial charge in [-0.15, -0.1) is 0 Å². The standard InChI is InChI=1S/C18H30N2O3/c1-6-8-9-12-18(4,23-13-7-2)17(21)20-15-10-11-16(22-5)19-14(15)3/h10-11H,6-9,12-13H2,1-5H3,(H,20,21)/t18-/m0/s1. The average molecular weight is 322 g/mol. The molecule has 1 atom stereocenters. The summed E-state index contributed by atoms with van der Waals surface area (Å²) in [6, 6.07) is 3.55. The highest BCUT2D eigenvalue weighted by Crippen LogP contribution is 2.24. The fraction of sp³-hybridized carbons (Fsp3) is 0.667. The number of carbonyl (C=O) groups is 1. The highest BCUT2D eigenvalue weighted by Gasteiger charge is 2.33. The molecule has 130 valence electrons. The molecule has 0 unspecified atom stereocenters. The minimum absolute atomic E-state index is 0.114. The molecule has 1 aromatic heterocycles. The zero-order chi connectivity index (χ0) is 17.3. The second kappa shape index (κ2) is 9.50. The van der Waals surface area contributed by atoms with E-state index in [9.17, 15) is 4.79 Å². The van der Waals surface area contributed by atoms with Crippen LogP contribution in [0.5, 0.6) is 5.88 Å². The van der Waals surface area contributed by atoms with Gasteiger partial charge < -0.3 is 14.8 Å². The maximum absolute atomic E-state index is 12.7. The third kappa shape index (κ3) is 5.82. The molecule has 1 rings (SSSR count). The van der Waals surface area contributed by atoms with Gasteiger partial charge in [0.2, 0.25) is 5.88 Å². The molecule has 0 aliphatic heterocycles. The number of nitrogens with zero attached hydrogens (tertiary/aromatic N) is 1. The Morgan fingerprint density at radius 1 is 1.26 bits per heavy atom. The van der Waals surface area contributed by atoms with E-state index in [1.807, 2.05) is 26.8 Å². The maximum atomic E-state index is 12.7. The van der Waals surface area contributed by atoms with Crippen LogP contribution in [0.4, 0.5) is 5.69 Å². The summed E-state index contributed by atoms with van der Waals surface area (Å²) in [6.45, 7) is 8.49. The Labute approximate surface area is 139 Å². The summed E-state index contributed by atoms with van der Waals surface area (Å²) in [7, 11) is 1.57. The summed E-state index contributed by atoms with van der Waals surface area (Å²) in [5.74, 6) is 0.422. The molecule has 0 fully saturated rings. The third-order valence-electron chi connectivity index (χ3n) is 3.88. The molecule has 1 N–H and O–H groups in total. The number of anilines is 1. The van der Waals surface area contributed by atoms with E-state index in [0.29, 0.717) is 18.2 Å². The van der Waals surface area contributed by atoms with Gasteiger partial charge in [0.1, 0.15) is 5.60 Å². The second-order valence-electron chi connectivity index (χ2n) is 5.98. The van der Waals surface area contributed by atoms with Gasteiger partial charge in [-0.3, -0.25) is 4.79 Å². The molecule has 1 amide bonds. The molecular weight excluding hydrogens is 292 g/mol. The fourth-order valence-electron chi connectivity index (χ4n) is 2.33. The van der Waals surface area contributed by atoms with Gasteiger partial charge in [-0.05, 0) is 32.8 Å². The number of hydrogen-bond donors (Lipinski definition) is 1. The number of carbonyl (C=O) groups excluding carboxylic acids is 1. The van der Waals surface area contributed by atoms with Crippen molar-refractivity contribution in [3.8, 4) is 5.88 Å². The number of methoxy groups -OCH3 is 1. The van der Waals surface area contributed by atoms with Crippen LogP contribution in [0.15, 0.2) is 12.1 Å². The minimum Gasteiger partial charge on any atom is -0.481 e. The minimum atomic E-state index is -0.808. The van der Waals surface area contributed by atoms with E-state index in [-0.39, 0.29) is 5.91 Å². The number of rotatable bonds is 10. The smallest absolute Gasteiger partial charge is 0.256 e. The topological polar surface area (TPSA) is 60.5 Å². The SMILES string of the molecule is CCCCC[C@](C)(OCCC)C(=O)Nc1ccc(OC)nc1C. The Kier molecular flexibility index (Phi) is 8.03. The molecule has 0 bridgehead atoms. The van der Waals surface area contributed by atoms with Crippen molar-refractivity contribution in [2.24, 2.45) is 0 Å². The highest BCUT2D eigenvalue weighted by molar-refractivity contribution is 5.97. The normalized spacial score (nSPS) is 13.4. The molecule has 0 radical (unpaired) electrons. The number of ether oxygens (including phenoxy) is 2. The molecule has 0 aliphatic carbocycles. The van der Waals surface area contributed by atoms with Crippen molar-refractivity contribution in [2.45, 2.75) is 65.4 Å². The molecule has 0 aromatic carbocycles. The Morgan fingerprint density at radius 2 is 2.00 bits per heavy atom. The molecule has 1 aromatic rings. The van der Waals surface area contributed by atoms with Gasteiger partial charge >= 0.3 is 0 Å². The lowest BCUT2D eigenvalue weighted by Gasteiger charge is -2.29. The number of hydrogen-bond acceptors (Lipinski definition) is 4. The number of unbranched alkanes of at least 4 members (excludes halogenated alkanes) is 2. The zero-order valence-electron chi connectivity index (χ0n) is 15.1. The van der Waals surface area contributed by atoms with E-state index in [1.165, 1.54) is 0 Å². The van der Waals surface area contributed by atoms with Crippen LogP contribution in [0, 0.1) is 6.92 Å². The first-order valence-corrected chi connectivity index (χ1v) is 8.43. The monoisotopic (exact) mass is 322 g/mol. The van der Waals surface area contributed by atoms with Crippen molar-refractivity contribution in [3.63, 3.8) is 0 Å². The number of pyridine rings is 1. The van der Waals surface area contributed by atoms with Crippen molar-refractivity contribution < 1.29 is 14.3 Å². The summed E-state index contributed by atoms with van der Waals surface area (Å²) >= 11 is 0. The molecule has 5 nitrogen and oxygen atoms in total. The van der Waals surface area contributed by atoms with Gasteiger partial charge in [0.15, 0.2) is 0 Å². The Balaban J connectivity index is 2.83. The highest BCUT2D eigenvalue weighted by atomic mass is 16.5. The lowest BCUT2D eigenvalue weighted by molar-refractivity contribution is -0.140. The first-order valence-electron chi connectivity index (χ1n) is 8.43. The van der Waals surface area contributed by atoms with Crippen molar-refractivity contribution >= 4 is 11.6 Å². The summed E-state index contributed by atoms with van der Waals surface area (Å²) in [5, 5.41) is 2.96. The molecule has 0 saturated heterocycles. The molecule has 0 spiro atoms. The third-order valence-corrected chi connectivity index (χ3v) is 3.88. The quantitative estimate of drug-likeness (QED) is 0.659. The van der Waals surface area contributed by atoms with Crippen LogP contribution in [-0.2, 0) is 9.53 Å². The van der Waals surface area contributed by atoms with Gasteiger partial charge in [-0.25, -0.2) is 4.98 Å². The zero-order valence-corrected chi connectivity index (χ0v) is 15.1. The number of aromatic nitrogens is 1.